The number of esters is 1. The van der Waals surface area contributed by atoms with Crippen LogP contribution in [-0.2, 0) is 21.2 Å². The van der Waals surface area contributed by atoms with E-state index in [4.69, 9.17) is 4.74 Å². The maximum absolute atomic E-state index is 13.4. The summed E-state index contributed by atoms with van der Waals surface area (Å²) in [5.41, 5.74) is 2.40. The third-order valence-electron chi connectivity index (χ3n) is 7.02. The Labute approximate surface area is 242 Å². The first-order valence-electron chi connectivity index (χ1n) is 13.7. The van der Waals surface area contributed by atoms with Crippen molar-refractivity contribution < 1.29 is 23.1 Å². The lowest BCUT2D eigenvalue weighted by molar-refractivity contribution is 0.0527. The summed E-state index contributed by atoms with van der Waals surface area (Å²) in [6, 6.07) is 28.0. The number of carbonyl (C=O) groups excluding carboxylic acids is 1. The number of hydrogen-bond acceptors (Lipinski definition) is 6. The number of nitrogens with zero attached hydrogens (tertiary/aromatic N) is 1. The molecule has 0 aliphatic carbocycles. The number of aliphatic hydroxyl groups excluding tert-OH is 1. The average molecular weight is 575 g/mol. The fraction of sp³-hybridized carbons (Fsp3) is 0.303. The Morgan fingerprint density at radius 2 is 1.66 bits per heavy atom. The number of β-amino-alcohol motifs (C(OH)–C–C–N with tert-alkyl or cyclic N) is 1. The molecule has 1 atom stereocenters. The Bertz CT molecular complexity index is 1620. The van der Waals surface area contributed by atoms with Gasteiger partial charge >= 0.3 is 5.97 Å². The van der Waals surface area contributed by atoms with Crippen molar-refractivity contribution in [2.24, 2.45) is 0 Å². The number of benzene rings is 4. The molecule has 0 fully saturated rings. The molecule has 0 saturated heterocycles. The summed E-state index contributed by atoms with van der Waals surface area (Å²) in [6.45, 7) is 6.26. The molecule has 0 unspecified atom stereocenters. The van der Waals surface area contributed by atoms with Gasteiger partial charge in [0.2, 0.25) is 10.0 Å². The van der Waals surface area contributed by atoms with E-state index in [9.17, 15) is 18.3 Å². The Balaban J connectivity index is 1.41. The van der Waals surface area contributed by atoms with Gasteiger partial charge in [-0.05, 0) is 72.9 Å². The van der Waals surface area contributed by atoms with Gasteiger partial charge in [-0.1, -0.05) is 72.8 Å². The van der Waals surface area contributed by atoms with E-state index >= 15 is 0 Å². The van der Waals surface area contributed by atoms with E-state index in [1.165, 1.54) is 29.4 Å². The van der Waals surface area contributed by atoms with Crippen LogP contribution in [0, 0.1) is 0 Å². The Morgan fingerprint density at radius 1 is 0.951 bits per heavy atom. The highest BCUT2D eigenvalue weighted by atomic mass is 32.2. The lowest BCUT2D eigenvalue weighted by atomic mass is 9.93. The van der Waals surface area contributed by atoms with Gasteiger partial charge in [-0.15, -0.1) is 0 Å². The van der Waals surface area contributed by atoms with Gasteiger partial charge in [-0.2, -0.15) is 4.31 Å². The highest BCUT2D eigenvalue weighted by Gasteiger charge is 2.26. The summed E-state index contributed by atoms with van der Waals surface area (Å²) >= 11 is 0. The molecule has 4 aromatic rings. The number of hydrogen-bond donors (Lipinski definition) is 2. The normalized spacial score (nSPS) is 12.9. The topological polar surface area (TPSA) is 95.9 Å². The molecule has 8 heteroatoms. The van der Waals surface area contributed by atoms with E-state index in [0.717, 1.165) is 10.7 Å². The quantitative estimate of drug-likeness (QED) is 0.224. The molecule has 0 bridgehead atoms. The van der Waals surface area contributed by atoms with Gasteiger partial charge in [0.15, 0.2) is 0 Å². The summed E-state index contributed by atoms with van der Waals surface area (Å²) in [6.07, 6.45) is -0.169. The molecule has 2 N–H and O–H groups in total. The van der Waals surface area contributed by atoms with Gasteiger partial charge in [0.05, 0.1) is 23.2 Å². The van der Waals surface area contributed by atoms with E-state index in [2.05, 4.69) is 49.5 Å². The summed E-state index contributed by atoms with van der Waals surface area (Å²) in [7, 11) is -2.45. The van der Waals surface area contributed by atoms with Crippen molar-refractivity contribution in [2.45, 2.75) is 43.7 Å². The van der Waals surface area contributed by atoms with E-state index in [1.807, 2.05) is 12.1 Å². The van der Waals surface area contributed by atoms with Crippen LogP contribution in [0.1, 0.15) is 36.7 Å². The summed E-state index contributed by atoms with van der Waals surface area (Å²) in [4.78, 5) is 12.5. The first-order valence-corrected chi connectivity index (χ1v) is 15.2. The van der Waals surface area contributed by atoms with Crippen molar-refractivity contribution >= 4 is 26.8 Å². The molecule has 0 amide bonds. The minimum absolute atomic E-state index is 0.0768. The molecule has 0 saturated carbocycles. The third-order valence-corrected chi connectivity index (χ3v) is 8.84. The van der Waals surface area contributed by atoms with Crippen LogP contribution < -0.4 is 5.32 Å². The Morgan fingerprint density at radius 3 is 2.41 bits per heavy atom. The predicted molar refractivity (Wildman–Crippen MR) is 163 cm³/mol. The average Bonchev–Trinajstić information content (AvgIpc) is 2.96. The number of rotatable bonds is 12. The lowest BCUT2D eigenvalue weighted by Crippen LogP contribution is -2.47. The number of ether oxygens (including phenoxy) is 1. The molecule has 216 valence electrons. The van der Waals surface area contributed by atoms with Crippen LogP contribution in [0.15, 0.2) is 95.9 Å². The maximum atomic E-state index is 13.4. The molecular formula is C33H38N2O5S. The van der Waals surface area contributed by atoms with Gasteiger partial charge in [-0.3, -0.25) is 0 Å². The fourth-order valence-corrected chi connectivity index (χ4v) is 6.16. The number of nitrogens with one attached hydrogen (secondary N) is 1. The van der Waals surface area contributed by atoms with Gasteiger partial charge in [0, 0.05) is 25.7 Å². The molecule has 0 spiro atoms. The van der Waals surface area contributed by atoms with Crippen molar-refractivity contribution in [2.75, 3.05) is 26.7 Å². The molecule has 0 aromatic heterocycles. The zero-order chi connectivity index (χ0) is 29.6. The van der Waals surface area contributed by atoms with Crippen LogP contribution in [0.25, 0.3) is 21.9 Å². The lowest BCUT2D eigenvalue weighted by Gasteiger charge is -2.29. The number of fused-ring (bicyclic) bond motifs is 1. The number of aliphatic hydroxyl groups is 1. The number of sulfonamides is 1. The smallest absolute Gasteiger partial charge is 0.338 e. The Kier molecular flexibility index (Phi) is 9.60. The van der Waals surface area contributed by atoms with Crippen molar-refractivity contribution in [1.82, 2.24) is 9.62 Å². The fourth-order valence-electron chi connectivity index (χ4n) is 4.90. The number of likely N-dealkylation sites (N-methyl/N-ethyl adjacent to an activating group) is 1. The molecule has 0 aliphatic heterocycles. The van der Waals surface area contributed by atoms with Crippen LogP contribution in [0.3, 0.4) is 0 Å². The van der Waals surface area contributed by atoms with E-state index < -0.39 is 22.1 Å². The second kappa shape index (κ2) is 13.0. The zero-order valence-corrected chi connectivity index (χ0v) is 24.8. The second-order valence-electron chi connectivity index (χ2n) is 10.9. The standard InChI is InChI=1S/C33H38N2O5S/c1-5-40-32(37)31-16-9-8-15-30(31)27-13-10-14-29(20-27)41(38,39)35(4)23-28(36)22-34-33(2,3)21-24-17-18-25-11-6-7-12-26(25)19-24/h6-20,28,34,36H,5,21-23H2,1-4H3/t28-/m1/s1. The third kappa shape index (κ3) is 7.59. The largest absolute Gasteiger partial charge is 0.462 e. The first kappa shape index (κ1) is 30.4. The van der Waals surface area contributed by atoms with Crippen LogP contribution >= 0.6 is 0 Å². The Hall–Kier alpha value is -3.56. The molecule has 4 aromatic carbocycles. The molecular weight excluding hydrogens is 536 g/mol. The van der Waals surface area contributed by atoms with Crippen LogP contribution in [0.2, 0.25) is 0 Å². The van der Waals surface area contributed by atoms with Gasteiger partial charge in [0.25, 0.3) is 0 Å². The monoisotopic (exact) mass is 574 g/mol. The molecule has 0 heterocycles. The maximum Gasteiger partial charge on any atom is 0.338 e. The van der Waals surface area contributed by atoms with Crippen molar-refractivity contribution in [3.8, 4) is 11.1 Å². The SMILES string of the molecule is CCOC(=O)c1ccccc1-c1cccc(S(=O)(=O)N(C)C[C@H](O)CNC(C)(C)Cc2ccc3ccccc3c2)c1. The van der Waals surface area contributed by atoms with E-state index in [0.29, 0.717) is 16.7 Å². The van der Waals surface area contributed by atoms with Crippen molar-refractivity contribution in [3.63, 3.8) is 0 Å². The summed E-state index contributed by atoms with van der Waals surface area (Å²) in [5, 5.41) is 16.5. The van der Waals surface area contributed by atoms with Gasteiger partial charge < -0.3 is 15.2 Å². The molecule has 0 radical (unpaired) electrons. The minimum atomic E-state index is -3.90. The number of carbonyl (C=O) groups is 1. The highest BCUT2D eigenvalue weighted by molar-refractivity contribution is 7.89. The second-order valence-corrected chi connectivity index (χ2v) is 12.9. The molecule has 7 nitrogen and oxygen atoms in total. The molecule has 4 rings (SSSR count). The van der Waals surface area contributed by atoms with Gasteiger partial charge in [-0.25, -0.2) is 13.2 Å². The molecule has 41 heavy (non-hydrogen) atoms. The highest BCUT2D eigenvalue weighted by Crippen LogP contribution is 2.28. The predicted octanol–water partition coefficient (Wildman–Crippen LogP) is 5.28. The first-order chi connectivity index (χ1) is 19.5. The van der Waals surface area contributed by atoms with Gasteiger partial charge in [0.1, 0.15) is 0 Å². The minimum Gasteiger partial charge on any atom is -0.462 e. The zero-order valence-electron chi connectivity index (χ0n) is 24.0. The summed E-state index contributed by atoms with van der Waals surface area (Å²) in [5.74, 6) is -0.465. The van der Waals surface area contributed by atoms with Crippen molar-refractivity contribution in [3.05, 3.63) is 102 Å². The van der Waals surface area contributed by atoms with E-state index in [1.54, 1.807) is 49.4 Å². The molecule has 0 aliphatic rings. The van der Waals surface area contributed by atoms with E-state index in [-0.39, 0.29) is 30.1 Å². The summed E-state index contributed by atoms with van der Waals surface area (Å²) < 4.78 is 33.2. The van der Waals surface area contributed by atoms with Crippen molar-refractivity contribution in [1.29, 1.82) is 0 Å². The van der Waals surface area contributed by atoms with Crippen LogP contribution in [0.5, 0.6) is 0 Å². The van der Waals surface area contributed by atoms with Crippen LogP contribution in [-0.4, -0.2) is 62.2 Å². The van der Waals surface area contributed by atoms with Crippen LogP contribution in [0.4, 0.5) is 0 Å².